The smallest absolute Gasteiger partial charge is 0.279 e. The van der Waals surface area contributed by atoms with Gasteiger partial charge in [-0.2, -0.15) is 0 Å². The predicted molar refractivity (Wildman–Crippen MR) is 129 cm³/mol. The Morgan fingerprint density at radius 1 is 0.935 bits per heavy atom. The van der Waals surface area contributed by atoms with Gasteiger partial charge in [0.25, 0.3) is 5.56 Å². The number of nitrogens with zero attached hydrogens (tertiary/aromatic N) is 2. The third kappa shape index (κ3) is 2.87. The quantitative estimate of drug-likeness (QED) is 0.549. The van der Waals surface area contributed by atoms with Crippen molar-refractivity contribution < 1.29 is 0 Å². The van der Waals surface area contributed by atoms with Gasteiger partial charge in [-0.15, -0.1) is 0 Å². The van der Waals surface area contributed by atoms with E-state index in [4.69, 9.17) is 0 Å². The topological polar surface area (TPSA) is 41.0 Å². The second-order valence-electron chi connectivity index (χ2n) is 8.56. The molecule has 0 amide bonds. The van der Waals surface area contributed by atoms with Crippen molar-refractivity contribution in [2.75, 3.05) is 11.9 Å². The Balaban J connectivity index is 1.67. The van der Waals surface area contributed by atoms with Crippen molar-refractivity contribution in [1.82, 2.24) is 9.78 Å². The number of aromatic nitrogens is 2. The first-order valence-corrected chi connectivity index (χ1v) is 10.4. The molecule has 0 saturated heterocycles. The summed E-state index contributed by atoms with van der Waals surface area (Å²) in [7, 11) is 2.09. The fourth-order valence-electron chi connectivity index (χ4n) is 4.78. The Kier molecular flexibility index (Phi) is 4.26. The SMILES string of the molecule is C=c1[nH]n(-c2ccccc2)c(=O)/c1=C\C=C1/N(C)c2ccc3ccccc3c2C1(C)C. The Hall–Kier alpha value is -3.79. The molecule has 4 nitrogen and oxygen atoms in total. The van der Waals surface area contributed by atoms with E-state index in [1.54, 1.807) is 4.68 Å². The number of likely N-dealkylation sites (N-methyl/N-ethyl adjacent to an activating group) is 1. The van der Waals surface area contributed by atoms with Crippen LogP contribution in [0.2, 0.25) is 0 Å². The molecule has 0 bridgehead atoms. The molecule has 0 radical (unpaired) electrons. The van der Waals surface area contributed by atoms with Crippen LogP contribution in [0, 0.1) is 0 Å². The third-order valence-electron chi connectivity index (χ3n) is 6.32. The van der Waals surface area contributed by atoms with Gasteiger partial charge in [-0.05, 0) is 46.7 Å². The Morgan fingerprint density at radius 2 is 1.65 bits per heavy atom. The van der Waals surface area contributed by atoms with Gasteiger partial charge >= 0.3 is 0 Å². The Morgan fingerprint density at radius 3 is 2.42 bits per heavy atom. The van der Waals surface area contributed by atoms with E-state index in [9.17, 15) is 4.79 Å². The monoisotopic (exact) mass is 407 g/mol. The molecule has 154 valence electrons. The van der Waals surface area contributed by atoms with E-state index < -0.39 is 0 Å². The zero-order chi connectivity index (χ0) is 21.8. The van der Waals surface area contributed by atoms with Crippen molar-refractivity contribution in [1.29, 1.82) is 0 Å². The van der Waals surface area contributed by atoms with Crippen LogP contribution in [0.25, 0.3) is 29.1 Å². The van der Waals surface area contributed by atoms with Gasteiger partial charge in [-0.1, -0.05) is 69.0 Å². The van der Waals surface area contributed by atoms with Gasteiger partial charge < -0.3 is 4.90 Å². The Labute approximate surface area is 181 Å². The van der Waals surface area contributed by atoms with Crippen LogP contribution in [0.5, 0.6) is 0 Å². The maximum absolute atomic E-state index is 13.0. The molecule has 1 N–H and O–H groups in total. The van der Waals surface area contributed by atoms with Gasteiger partial charge in [0.2, 0.25) is 0 Å². The molecule has 0 saturated carbocycles. The molecule has 0 unspecified atom stereocenters. The summed E-state index contributed by atoms with van der Waals surface area (Å²) in [6.45, 7) is 8.54. The molecular formula is C27H25N3O. The first-order chi connectivity index (χ1) is 14.9. The molecule has 1 aliphatic heterocycles. The van der Waals surface area contributed by atoms with Crippen LogP contribution in [0.1, 0.15) is 19.4 Å². The van der Waals surface area contributed by atoms with E-state index in [1.807, 2.05) is 36.4 Å². The number of benzene rings is 3. The normalized spacial score (nSPS) is 16.9. The molecule has 0 spiro atoms. The van der Waals surface area contributed by atoms with Gasteiger partial charge in [0.05, 0.1) is 16.3 Å². The van der Waals surface area contributed by atoms with E-state index in [0.717, 1.165) is 11.4 Å². The van der Waals surface area contributed by atoms with Crippen LogP contribution < -0.4 is 21.0 Å². The Bertz CT molecular complexity index is 1500. The minimum absolute atomic E-state index is 0.102. The van der Waals surface area contributed by atoms with Crippen molar-refractivity contribution in [3.63, 3.8) is 0 Å². The van der Waals surface area contributed by atoms with Crippen molar-refractivity contribution >= 4 is 29.1 Å². The number of para-hydroxylation sites is 1. The van der Waals surface area contributed by atoms with Crippen LogP contribution in [-0.4, -0.2) is 16.8 Å². The second-order valence-corrected chi connectivity index (χ2v) is 8.56. The number of rotatable bonds is 2. The first kappa shape index (κ1) is 19.2. The first-order valence-electron chi connectivity index (χ1n) is 10.4. The molecule has 1 aliphatic rings. The van der Waals surface area contributed by atoms with E-state index in [1.165, 1.54) is 22.0 Å². The van der Waals surface area contributed by atoms with Gasteiger partial charge in [-0.25, -0.2) is 4.68 Å². The molecule has 31 heavy (non-hydrogen) atoms. The minimum atomic E-state index is -0.197. The summed E-state index contributed by atoms with van der Waals surface area (Å²) in [4.78, 5) is 15.3. The number of fused-ring (bicyclic) bond motifs is 3. The number of anilines is 1. The fourth-order valence-corrected chi connectivity index (χ4v) is 4.78. The zero-order valence-corrected chi connectivity index (χ0v) is 18.0. The lowest BCUT2D eigenvalue weighted by atomic mass is 9.81. The zero-order valence-electron chi connectivity index (χ0n) is 18.0. The largest absolute Gasteiger partial charge is 0.347 e. The lowest BCUT2D eigenvalue weighted by Gasteiger charge is -2.24. The van der Waals surface area contributed by atoms with Crippen molar-refractivity contribution in [3.8, 4) is 5.69 Å². The summed E-state index contributed by atoms with van der Waals surface area (Å²) in [6, 6.07) is 22.4. The van der Waals surface area contributed by atoms with E-state index >= 15 is 0 Å². The lowest BCUT2D eigenvalue weighted by molar-refractivity contribution is 0.645. The number of nitrogens with one attached hydrogen (secondary N) is 1. The average molecular weight is 408 g/mol. The maximum Gasteiger partial charge on any atom is 0.279 e. The number of aromatic amines is 1. The number of hydrogen-bond acceptors (Lipinski definition) is 2. The van der Waals surface area contributed by atoms with Gasteiger partial charge in [0.15, 0.2) is 0 Å². The number of hydrogen-bond donors (Lipinski definition) is 1. The van der Waals surface area contributed by atoms with Crippen molar-refractivity contribution in [2.24, 2.45) is 0 Å². The predicted octanol–water partition coefficient (Wildman–Crippen LogP) is 3.82. The van der Waals surface area contributed by atoms with Crippen LogP contribution in [0.3, 0.4) is 0 Å². The minimum Gasteiger partial charge on any atom is -0.347 e. The van der Waals surface area contributed by atoms with E-state index in [-0.39, 0.29) is 11.0 Å². The lowest BCUT2D eigenvalue weighted by Crippen LogP contribution is -2.34. The highest BCUT2D eigenvalue weighted by atomic mass is 16.1. The van der Waals surface area contributed by atoms with E-state index in [2.05, 4.69) is 79.9 Å². The second kappa shape index (κ2) is 6.88. The molecule has 3 aromatic carbocycles. The standard InChI is InChI=1S/C27H25N3O/c1-18-21(26(31)30(28-18)20-11-6-5-7-12-20)15-17-24-27(2,3)25-22-13-9-8-10-19(22)14-16-23(25)29(24)4/h5-17,28H,1H2,2-4H3/b21-15-,24-17-. The highest BCUT2D eigenvalue weighted by Crippen LogP contribution is 2.49. The summed E-state index contributed by atoms with van der Waals surface area (Å²) in [6.07, 6.45) is 3.95. The molecule has 5 rings (SSSR count). The summed E-state index contributed by atoms with van der Waals surface area (Å²) in [5, 5.41) is 6.78. The van der Waals surface area contributed by atoms with E-state index in [0.29, 0.717) is 10.6 Å². The molecular weight excluding hydrogens is 382 g/mol. The van der Waals surface area contributed by atoms with Crippen molar-refractivity contribution in [2.45, 2.75) is 19.3 Å². The molecule has 4 aromatic rings. The summed E-state index contributed by atoms with van der Waals surface area (Å²) >= 11 is 0. The molecule has 0 fully saturated rings. The fraction of sp³-hybridized carbons (Fsp3) is 0.148. The van der Waals surface area contributed by atoms with Crippen LogP contribution in [0.15, 0.2) is 83.3 Å². The summed E-state index contributed by atoms with van der Waals surface area (Å²) in [5.41, 5.74) is 4.16. The van der Waals surface area contributed by atoms with Crippen LogP contribution >= 0.6 is 0 Å². The summed E-state index contributed by atoms with van der Waals surface area (Å²) < 4.78 is 1.54. The molecule has 1 aromatic heterocycles. The van der Waals surface area contributed by atoms with Crippen LogP contribution in [-0.2, 0) is 5.41 Å². The van der Waals surface area contributed by atoms with Gasteiger partial charge in [0.1, 0.15) is 0 Å². The average Bonchev–Trinajstić information content (AvgIpc) is 3.17. The van der Waals surface area contributed by atoms with Crippen molar-refractivity contribution in [3.05, 3.63) is 105 Å². The van der Waals surface area contributed by atoms with Gasteiger partial charge in [0, 0.05) is 23.8 Å². The maximum atomic E-state index is 13.0. The highest BCUT2D eigenvalue weighted by Gasteiger charge is 2.39. The summed E-state index contributed by atoms with van der Waals surface area (Å²) in [5.74, 6) is 0. The van der Waals surface area contributed by atoms with Gasteiger partial charge in [-0.3, -0.25) is 9.89 Å². The number of allylic oxidation sites excluding steroid dienone is 2. The van der Waals surface area contributed by atoms with Crippen LogP contribution in [0.4, 0.5) is 5.69 Å². The molecule has 4 heteroatoms. The molecule has 0 atom stereocenters. The highest BCUT2D eigenvalue weighted by molar-refractivity contribution is 5.94. The third-order valence-corrected chi connectivity index (χ3v) is 6.32. The molecule has 0 aliphatic carbocycles. The number of H-pyrrole nitrogens is 1. The molecule has 2 heterocycles.